The summed E-state index contributed by atoms with van der Waals surface area (Å²) in [4.78, 5) is 0.307. The van der Waals surface area contributed by atoms with Crippen LogP contribution in [0, 0.1) is 27.7 Å². The highest BCUT2D eigenvalue weighted by Gasteiger charge is 2.22. The second-order valence-corrected chi connectivity index (χ2v) is 9.63. The van der Waals surface area contributed by atoms with Gasteiger partial charge in [-0.05, 0) is 68.1 Å². The van der Waals surface area contributed by atoms with Gasteiger partial charge in [-0.3, -0.25) is 4.72 Å². The minimum absolute atomic E-state index is 0.0663. The third-order valence-electron chi connectivity index (χ3n) is 4.08. The Kier molecular flexibility index (Phi) is 4.79. The van der Waals surface area contributed by atoms with Crippen molar-refractivity contribution in [1.82, 2.24) is 0 Å². The Morgan fingerprint density at radius 1 is 0.833 bits per heavy atom. The third-order valence-corrected chi connectivity index (χ3v) is 6.84. The van der Waals surface area contributed by atoms with Crippen LogP contribution in [0.5, 0.6) is 0 Å². The number of benzene rings is 2. The molecule has 5 nitrogen and oxygen atoms in total. The summed E-state index contributed by atoms with van der Waals surface area (Å²) in [6.07, 6.45) is 1.08. The minimum Gasteiger partial charge on any atom is -0.280 e. The molecule has 0 fully saturated rings. The highest BCUT2D eigenvalue weighted by atomic mass is 32.2. The number of nitrogens with one attached hydrogen (secondary N) is 1. The first-order valence-corrected chi connectivity index (χ1v) is 10.7. The standard InChI is InChI=1S/C17H21NO4S2/c1-11-9-12(2)14(4)17(13(11)3)24(21,22)18-15-7-6-8-16(10-15)23(5,19)20/h6-10,18H,1-5H3. The SMILES string of the molecule is Cc1cc(C)c(C)c(S(=O)(=O)Nc2cccc(S(C)(=O)=O)c2)c1C. The average molecular weight is 367 g/mol. The third kappa shape index (κ3) is 3.62. The van der Waals surface area contributed by atoms with Gasteiger partial charge in [-0.1, -0.05) is 12.1 Å². The van der Waals surface area contributed by atoms with E-state index >= 15 is 0 Å². The second-order valence-electron chi connectivity index (χ2n) is 5.99. The molecule has 0 aliphatic carbocycles. The van der Waals surface area contributed by atoms with Crippen LogP contribution < -0.4 is 4.72 Å². The number of sulfone groups is 1. The van der Waals surface area contributed by atoms with Crippen molar-refractivity contribution in [2.75, 3.05) is 11.0 Å². The van der Waals surface area contributed by atoms with Crippen LogP contribution in [-0.4, -0.2) is 23.1 Å². The van der Waals surface area contributed by atoms with Crippen molar-refractivity contribution in [3.05, 3.63) is 52.6 Å². The molecular weight excluding hydrogens is 346 g/mol. The predicted octanol–water partition coefficient (Wildman–Crippen LogP) is 3.12. The summed E-state index contributed by atoms with van der Waals surface area (Å²) in [5.41, 5.74) is 3.37. The molecule has 7 heteroatoms. The molecule has 0 aliphatic heterocycles. The maximum Gasteiger partial charge on any atom is 0.262 e. The molecule has 0 unspecified atom stereocenters. The normalized spacial score (nSPS) is 12.2. The summed E-state index contributed by atoms with van der Waals surface area (Å²) in [5.74, 6) is 0. The fourth-order valence-electron chi connectivity index (χ4n) is 2.58. The molecule has 0 spiro atoms. The van der Waals surface area contributed by atoms with Gasteiger partial charge < -0.3 is 0 Å². The molecule has 24 heavy (non-hydrogen) atoms. The van der Waals surface area contributed by atoms with Gasteiger partial charge in [-0.25, -0.2) is 16.8 Å². The largest absolute Gasteiger partial charge is 0.280 e. The highest BCUT2D eigenvalue weighted by molar-refractivity contribution is 7.93. The lowest BCUT2D eigenvalue weighted by molar-refractivity contribution is 0.598. The fraction of sp³-hybridized carbons (Fsp3) is 0.294. The molecule has 0 bridgehead atoms. The molecule has 0 saturated heterocycles. The van der Waals surface area contributed by atoms with Gasteiger partial charge in [0.15, 0.2) is 9.84 Å². The van der Waals surface area contributed by atoms with Crippen LogP contribution >= 0.6 is 0 Å². The smallest absolute Gasteiger partial charge is 0.262 e. The number of hydrogen-bond donors (Lipinski definition) is 1. The van der Waals surface area contributed by atoms with Crippen molar-refractivity contribution >= 4 is 25.5 Å². The summed E-state index contributed by atoms with van der Waals surface area (Å²) >= 11 is 0. The lowest BCUT2D eigenvalue weighted by atomic mass is 10.0. The molecule has 2 aromatic rings. The van der Waals surface area contributed by atoms with Gasteiger partial charge in [0.25, 0.3) is 10.0 Å². The molecular formula is C17H21NO4S2. The molecule has 0 aromatic heterocycles. The fourth-order valence-corrected chi connectivity index (χ4v) is 4.91. The topological polar surface area (TPSA) is 80.3 Å². The van der Waals surface area contributed by atoms with Crippen molar-refractivity contribution in [2.24, 2.45) is 0 Å². The van der Waals surface area contributed by atoms with Gasteiger partial charge >= 0.3 is 0 Å². The van der Waals surface area contributed by atoms with Crippen LogP contribution in [0.25, 0.3) is 0 Å². The Bertz CT molecular complexity index is 981. The van der Waals surface area contributed by atoms with E-state index in [9.17, 15) is 16.8 Å². The van der Waals surface area contributed by atoms with Crippen molar-refractivity contribution in [3.63, 3.8) is 0 Å². The lowest BCUT2D eigenvalue weighted by Gasteiger charge is -2.17. The summed E-state index contributed by atoms with van der Waals surface area (Å²) in [5, 5.41) is 0. The molecule has 0 aliphatic rings. The molecule has 2 rings (SSSR count). The van der Waals surface area contributed by atoms with Crippen LogP contribution in [0.2, 0.25) is 0 Å². The van der Waals surface area contributed by atoms with E-state index < -0.39 is 19.9 Å². The van der Waals surface area contributed by atoms with Crippen molar-refractivity contribution in [1.29, 1.82) is 0 Å². The van der Waals surface area contributed by atoms with E-state index in [1.165, 1.54) is 24.3 Å². The van der Waals surface area contributed by atoms with Gasteiger partial charge in [0.05, 0.1) is 15.5 Å². The molecule has 0 saturated carbocycles. The van der Waals surface area contributed by atoms with E-state index in [-0.39, 0.29) is 15.5 Å². The maximum absolute atomic E-state index is 12.8. The molecule has 130 valence electrons. The zero-order valence-electron chi connectivity index (χ0n) is 14.3. The minimum atomic E-state index is -3.83. The van der Waals surface area contributed by atoms with E-state index in [1.807, 2.05) is 19.9 Å². The van der Waals surface area contributed by atoms with E-state index in [2.05, 4.69) is 4.72 Å². The first kappa shape index (κ1) is 18.5. The van der Waals surface area contributed by atoms with Crippen LogP contribution in [-0.2, 0) is 19.9 Å². The number of rotatable bonds is 4. The van der Waals surface area contributed by atoms with Gasteiger partial charge in [0.2, 0.25) is 0 Å². The maximum atomic E-state index is 12.8. The predicted molar refractivity (Wildman–Crippen MR) is 95.8 cm³/mol. The Balaban J connectivity index is 2.55. The van der Waals surface area contributed by atoms with Crippen molar-refractivity contribution in [3.8, 4) is 0 Å². The average Bonchev–Trinajstić information content (AvgIpc) is 2.44. The molecule has 0 atom stereocenters. The van der Waals surface area contributed by atoms with Crippen LogP contribution in [0.1, 0.15) is 22.3 Å². The first-order valence-electron chi connectivity index (χ1n) is 7.34. The zero-order valence-corrected chi connectivity index (χ0v) is 16.0. The van der Waals surface area contributed by atoms with E-state index in [0.29, 0.717) is 11.1 Å². The number of anilines is 1. The van der Waals surface area contributed by atoms with Gasteiger partial charge in [0, 0.05) is 6.26 Å². The molecule has 1 N–H and O–H groups in total. The quantitative estimate of drug-likeness (QED) is 0.900. The molecule has 0 heterocycles. The Morgan fingerprint density at radius 2 is 1.38 bits per heavy atom. The summed E-state index contributed by atoms with van der Waals surface area (Å²) < 4.78 is 51.5. The molecule has 0 radical (unpaired) electrons. The van der Waals surface area contributed by atoms with Gasteiger partial charge in [0.1, 0.15) is 0 Å². The van der Waals surface area contributed by atoms with Crippen molar-refractivity contribution in [2.45, 2.75) is 37.5 Å². The van der Waals surface area contributed by atoms with Gasteiger partial charge in [-0.15, -0.1) is 0 Å². The molecule has 2 aromatic carbocycles. The monoisotopic (exact) mass is 367 g/mol. The Morgan fingerprint density at radius 3 is 1.88 bits per heavy atom. The summed E-state index contributed by atoms with van der Waals surface area (Å²) in [6.45, 7) is 7.27. The molecule has 0 amide bonds. The van der Waals surface area contributed by atoms with E-state index in [0.717, 1.165) is 17.4 Å². The van der Waals surface area contributed by atoms with E-state index in [4.69, 9.17) is 0 Å². The summed E-state index contributed by atoms with van der Waals surface area (Å²) in [6, 6.07) is 7.74. The first-order chi connectivity index (χ1) is 10.9. The number of sulfonamides is 1. The van der Waals surface area contributed by atoms with Crippen LogP contribution in [0.15, 0.2) is 40.1 Å². The number of aryl methyl sites for hydroxylation is 2. The van der Waals surface area contributed by atoms with Crippen molar-refractivity contribution < 1.29 is 16.8 Å². The highest BCUT2D eigenvalue weighted by Crippen LogP contribution is 2.28. The van der Waals surface area contributed by atoms with E-state index in [1.54, 1.807) is 13.8 Å². The second kappa shape index (κ2) is 6.22. The summed E-state index contributed by atoms with van der Waals surface area (Å²) in [7, 11) is -7.24. The zero-order chi connectivity index (χ0) is 18.3. The lowest BCUT2D eigenvalue weighted by Crippen LogP contribution is -2.17. The number of hydrogen-bond acceptors (Lipinski definition) is 4. The Labute approximate surface area is 143 Å². The van der Waals surface area contributed by atoms with Gasteiger partial charge in [-0.2, -0.15) is 0 Å². The van der Waals surface area contributed by atoms with Crippen LogP contribution in [0.3, 0.4) is 0 Å². The Hall–Kier alpha value is -1.86. The van der Waals surface area contributed by atoms with Crippen LogP contribution in [0.4, 0.5) is 5.69 Å².